The van der Waals surface area contributed by atoms with Gasteiger partial charge in [-0.05, 0) is 44.5 Å². The van der Waals surface area contributed by atoms with Crippen molar-refractivity contribution >= 4 is 34.0 Å². The second-order valence-corrected chi connectivity index (χ2v) is 7.29. The Morgan fingerprint density at radius 1 is 1.11 bits per heavy atom. The zero-order chi connectivity index (χ0) is 19.5. The number of halogens is 1. The highest BCUT2D eigenvalue weighted by atomic mass is 35.5. The maximum Gasteiger partial charge on any atom is 0.186 e. The summed E-state index contributed by atoms with van der Waals surface area (Å²) < 4.78 is 7.40. The van der Waals surface area contributed by atoms with Crippen LogP contribution in [0.4, 0.5) is 5.82 Å². The molecule has 1 N–H and O–H groups in total. The number of rotatable bonds is 7. The molecule has 4 rings (SSSR count). The molecule has 6 nitrogen and oxygen atoms in total. The standard InChI is InChI=1S/C21H22ClN5O/c1-14(2)28-13-5-12-23-20-17-6-3-4-7-18(17)27-21(24-20)19(25-26-27)15-8-10-16(22)11-9-15/h3-4,6-11,14H,5,12-13H2,1-2H3,(H,23,24). The van der Waals surface area contributed by atoms with Gasteiger partial charge in [-0.15, -0.1) is 5.10 Å². The minimum absolute atomic E-state index is 0.245. The lowest BCUT2D eigenvalue weighted by molar-refractivity contribution is 0.0787. The summed E-state index contributed by atoms with van der Waals surface area (Å²) in [5.74, 6) is 0.824. The van der Waals surface area contributed by atoms with Gasteiger partial charge in [0, 0.05) is 29.1 Å². The number of benzene rings is 2. The van der Waals surface area contributed by atoms with Crippen molar-refractivity contribution in [2.45, 2.75) is 26.4 Å². The summed E-state index contributed by atoms with van der Waals surface area (Å²) in [4.78, 5) is 4.85. The molecule has 0 amide bonds. The van der Waals surface area contributed by atoms with E-state index in [0.717, 1.165) is 47.6 Å². The van der Waals surface area contributed by atoms with Crippen molar-refractivity contribution in [2.75, 3.05) is 18.5 Å². The molecule has 2 heterocycles. The van der Waals surface area contributed by atoms with Crippen LogP contribution in [0.5, 0.6) is 0 Å². The van der Waals surface area contributed by atoms with Crippen LogP contribution in [0.1, 0.15) is 20.3 Å². The van der Waals surface area contributed by atoms with E-state index in [1.165, 1.54) is 0 Å². The molecule has 28 heavy (non-hydrogen) atoms. The van der Waals surface area contributed by atoms with Crippen LogP contribution >= 0.6 is 11.6 Å². The lowest BCUT2D eigenvalue weighted by Gasteiger charge is -2.11. The van der Waals surface area contributed by atoms with Crippen molar-refractivity contribution in [1.82, 2.24) is 19.8 Å². The third-order valence-corrected chi connectivity index (χ3v) is 4.69. The quantitative estimate of drug-likeness (QED) is 0.454. The normalized spacial score (nSPS) is 11.6. The van der Waals surface area contributed by atoms with Gasteiger partial charge >= 0.3 is 0 Å². The highest BCUT2D eigenvalue weighted by Crippen LogP contribution is 2.28. The molecule has 0 aliphatic heterocycles. The first-order chi connectivity index (χ1) is 13.6. The predicted molar refractivity (Wildman–Crippen MR) is 113 cm³/mol. The summed E-state index contributed by atoms with van der Waals surface area (Å²) in [6, 6.07) is 15.6. The van der Waals surface area contributed by atoms with Gasteiger partial charge in [-0.25, -0.2) is 4.98 Å². The first-order valence-electron chi connectivity index (χ1n) is 9.39. The van der Waals surface area contributed by atoms with Crippen LogP contribution in [0, 0.1) is 0 Å². The van der Waals surface area contributed by atoms with Crippen LogP contribution < -0.4 is 5.32 Å². The minimum Gasteiger partial charge on any atom is -0.379 e. The summed E-state index contributed by atoms with van der Waals surface area (Å²) in [7, 11) is 0. The van der Waals surface area contributed by atoms with Crippen molar-refractivity contribution in [3.8, 4) is 11.3 Å². The molecule has 0 aliphatic carbocycles. The molecule has 0 radical (unpaired) electrons. The van der Waals surface area contributed by atoms with E-state index in [1.54, 1.807) is 4.52 Å². The minimum atomic E-state index is 0.245. The average Bonchev–Trinajstić information content (AvgIpc) is 3.12. The summed E-state index contributed by atoms with van der Waals surface area (Å²) in [5, 5.41) is 13.9. The Balaban J connectivity index is 1.71. The molecule has 144 valence electrons. The second-order valence-electron chi connectivity index (χ2n) is 6.86. The molecule has 2 aromatic heterocycles. The Morgan fingerprint density at radius 3 is 2.68 bits per heavy atom. The van der Waals surface area contributed by atoms with Gasteiger partial charge < -0.3 is 10.1 Å². The number of hydrogen-bond acceptors (Lipinski definition) is 5. The van der Waals surface area contributed by atoms with E-state index in [1.807, 2.05) is 62.4 Å². The zero-order valence-corrected chi connectivity index (χ0v) is 16.6. The molecule has 4 aromatic rings. The number of anilines is 1. The van der Waals surface area contributed by atoms with Crippen molar-refractivity contribution in [2.24, 2.45) is 0 Å². The molecule has 0 spiro atoms. The number of nitrogens with one attached hydrogen (secondary N) is 1. The number of hydrogen-bond donors (Lipinski definition) is 1. The van der Waals surface area contributed by atoms with Crippen molar-refractivity contribution in [1.29, 1.82) is 0 Å². The number of aromatic nitrogens is 4. The first-order valence-corrected chi connectivity index (χ1v) is 9.77. The van der Waals surface area contributed by atoms with Crippen molar-refractivity contribution in [3.63, 3.8) is 0 Å². The van der Waals surface area contributed by atoms with Crippen molar-refractivity contribution < 1.29 is 4.74 Å². The topological polar surface area (TPSA) is 64.3 Å². The van der Waals surface area contributed by atoms with Gasteiger partial charge in [-0.1, -0.05) is 41.1 Å². The lowest BCUT2D eigenvalue weighted by atomic mass is 10.1. The Morgan fingerprint density at radius 2 is 1.89 bits per heavy atom. The third-order valence-electron chi connectivity index (χ3n) is 4.43. The predicted octanol–water partition coefficient (Wildman–Crippen LogP) is 4.82. The lowest BCUT2D eigenvalue weighted by Crippen LogP contribution is -2.11. The smallest absolute Gasteiger partial charge is 0.186 e. The van der Waals surface area contributed by atoms with Gasteiger partial charge in [0.25, 0.3) is 0 Å². The molecule has 0 bridgehead atoms. The van der Waals surface area contributed by atoms with E-state index in [2.05, 4.69) is 15.6 Å². The fraction of sp³-hybridized carbons (Fsp3) is 0.286. The van der Waals surface area contributed by atoms with E-state index < -0.39 is 0 Å². The van der Waals surface area contributed by atoms with Crippen LogP contribution in [0.15, 0.2) is 48.5 Å². The van der Waals surface area contributed by atoms with Gasteiger partial charge in [-0.3, -0.25) is 0 Å². The van der Waals surface area contributed by atoms with Crippen LogP contribution in [-0.2, 0) is 4.74 Å². The fourth-order valence-corrected chi connectivity index (χ4v) is 3.22. The first kappa shape index (κ1) is 18.7. The Hall–Kier alpha value is -2.70. The Bertz CT molecular complexity index is 1090. The average molecular weight is 396 g/mol. The summed E-state index contributed by atoms with van der Waals surface area (Å²) in [6.07, 6.45) is 1.15. The highest BCUT2D eigenvalue weighted by molar-refractivity contribution is 6.30. The molecule has 0 saturated carbocycles. The number of fused-ring (bicyclic) bond motifs is 3. The van der Waals surface area contributed by atoms with Gasteiger partial charge in [0.1, 0.15) is 11.5 Å². The fourth-order valence-electron chi connectivity index (χ4n) is 3.09. The molecule has 2 aromatic carbocycles. The van der Waals surface area contributed by atoms with Gasteiger partial charge in [0.15, 0.2) is 5.65 Å². The van der Waals surface area contributed by atoms with E-state index in [4.69, 9.17) is 21.3 Å². The molecule has 0 fully saturated rings. The Kier molecular flexibility index (Phi) is 5.41. The molecule has 0 unspecified atom stereocenters. The van der Waals surface area contributed by atoms with Gasteiger partial charge in [-0.2, -0.15) is 4.52 Å². The van der Waals surface area contributed by atoms with Crippen LogP contribution in [0.2, 0.25) is 5.02 Å². The SMILES string of the molecule is CC(C)OCCCNc1nc2c(-c3ccc(Cl)cc3)nnn2c2ccccc12. The van der Waals surface area contributed by atoms with E-state index in [9.17, 15) is 0 Å². The van der Waals surface area contributed by atoms with Crippen LogP contribution in [-0.4, -0.2) is 39.1 Å². The zero-order valence-electron chi connectivity index (χ0n) is 15.9. The van der Waals surface area contributed by atoms with Crippen LogP contribution in [0.25, 0.3) is 27.8 Å². The third kappa shape index (κ3) is 3.79. The maximum absolute atomic E-state index is 6.02. The molecule has 7 heteroatoms. The molecule has 0 aliphatic rings. The summed E-state index contributed by atoms with van der Waals surface area (Å²) in [5.41, 5.74) is 3.33. The second kappa shape index (κ2) is 8.12. The Labute approximate surface area is 168 Å². The summed E-state index contributed by atoms with van der Waals surface area (Å²) in [6.45, 7) is 5.58. The molecular formula is C21H22ClN5O. The van der Waals surface area contributed by atoms with E-state index >= 15 is 0 Å². The number of para-hydroxylation sites is 1. The number of ether oxygens (including phenoxy) is 1. The summed E-state index contributed by atoms with van der Waals surface area (Å²) >= 11 is 6.02. The van der Waals surface area contributed by atoms with Gasteiger partial charge in [0.05, 0.1) is 11.6 Å². The molecule has 0 saturated heterocycles. The largest absolute Gasteiger partial charge is 0.379 e. The van der Waals surface area contributed by atoms with E-state index in [-0.39, 0.29) is 6.10 Å². The van der Waals surface area contributed by atoms with Crippen LogP contribution in [0.3, 0.4) is 0 Å². The van der Waals surface area contributed by atoms with E-state index in [0.29, 0.717) is 10.7 Å². The monoisotopic (exact) mass is 395 g/mol. The number of nitrogens with zero attached hydrogens (tertiary/aromatic N) is 4. The van der Waals surface area contributed by atoms with Gasteiger partial charge in [0.2, 0.25) is 0 Å². The van der Waals surface area contributed by atoms with Crippen molar-refractivity contribution in [3.05, 3.63) is 53.6 Å². The molecular weight excluding hydrogens is 374 g/mol. The molecule has 0 atom stereocenters. The maximum atomic E-state index is 6.02. The highest BCUT2D eigenvalue weighted by Gasteiger charge is 2.15.